The van der Waals surface area contributed by atoms with Gasteiger partial charge in [-0.05, 0) is 24.3 Å². The van der Waals surface area contributed by atoms with Gasteiger partial charge in [-0.1, -0.05) is 6.07 Å². The third kappa shape index (κ3) is 2.51. The molecule has 7 heteroatoms. The minimum Gasteiger partial charge on any atom is -0.305 e. The summed E-state index contributed by atoms with van der Waals surface area (Å²) in [5, 5.41) is 10.5. The quantitative estimate of drug-likeness (QED) is 0.772. The summed E-state index contributed by atoms with van der Waals surface area (Å²) in [5.74, 6) is 0.711. The van der Waals surface area contributed by atoms with E-state index in [0.717, 1.165) is 0 Å². The van der Waals surface area contributed by atoms with Gasteiger partial charge >= 0.3 is 0 Å². The van der Waals surface area contributed by atoms with E-state index in [1.54, 1.807) is 59.8 Å². The SMILES string of the molecule is O=C(Nc1ccccn1)c1ccc(-n2ccnc2)nn1. The molecular weight excluding hydrogens is 256 g/mol. The lowest BCUT2D eigenvalue weighted by molar-refractivity contribution is 0.102. The first kappa shape index (κ1) is 12.0. The van der Waals surface area contributed by atoms with Crippen molar-refractivity contribution < 1.29 is 4.79 Å². The van der Waals surface area contributed by atoms with Crippen LogP contribution in [0.5, 0.6) is 0 Å². The molecule has 7 nitrogen and oxygen atoms in total. The normalized spacial score (nSPS) is 10.2. The van der Waals surface area contributed by atoms with Gasteiger partial charge in [-0.2, -0.15) is 0 Å². The second kappa shape index (κ2) is 5.27. The number of aromatic nitrogens is 5. The van der Waals surface area contributed by atoms with Crippen molar-refractivity contribution in [2.75, 3.05) is 5.32 Å². The number of hydrogen-bond donors (Lipinski definition) is 1. The van der Waals surface area contributed by atoms with Gasteiger partial charge in [0.25, 0.3) is 5.91 Å². The molecule has 0 bridgehead atoms. The second-order valence-corrected chi connectivity index (χ2v) is 3.92. The highest BCUT2D eigenvalue weighted by molar-refractivity contribution is 6.02. The van der Waals surface area contributed by atoms with Crippen LogP contribution in [0.4, 0.5) is 5.82 Å². The number of amides is 1. The Morgan fingerprint density at radius 2 is 2.05 bits per heavy atom. The highest BCUT2D eigenvalue weighted by atomic mass is 16.2. The minimum atomic E-state index is -0.353. The van der Waals surface area contributed by atoms with E-state index in [1.807, 2.05) is 0 Å². The Bertz CT molecular complexity index is 693. The molecule has 0 aliphatic carbocycles. The zero-order valence-electron chi connectivity index (χ0n) is 10.3. The molecule has 0 radical (unpaired) electrons. The van der Waals surface area contributed by atoms with Crippen LogP contribution < -0.4 is 5.32 Å². The van der Waals surface area contributed by atoms with E-state index >= 15 is 0 Å². The molecule has 98 valence electrons. The van der Waals surface area contributed by atoms with Crippen LogP contribution in [0.25, 0.3) is 5.82 Å². The van der Waals surface area contributed by atoms with Gasteiger partial charge in [0.2, 0.25) is 0 Å². The number of carbonyl (C=O) groups excluding carboxylic acids is 1. The number of imidazole rings is 1. The van der Waals surface area contributed by atoms with Gasteiger partial charge in [0.1, 0.15) is 12.1 Å². The van der Waals surface area contributed by atoms with Gasteiger partial charge in [0, 0.05) is 18.6 Å². The fourth-order valence-corrected chi connectivity index (χ4v) is 1.60. The molecule has 1 N–H and O–H groups in total. The summed E-state index contributed by atoms with van der Waals surface area (Å²) >= 11 is 0. The molecule has 0 spiro atoms. The third-order valence-corrected chi connectivity index (χ3v) is 2.56. The van der Waals surface area contributed by atoms with Crippen molar-refractivity contribution in [1.29, 1.82) is 0 Å². The van der Waals surface area contributed by atoms with Crippen molar-refractivity contribution in [2.45, 2.75) is 0 Å². The lowest BCUT2D eigenvalue weighted by atomic mass is 10.3. The molecular formula is C13H10N6O. The average Bonchev–Trinajstić information content (AvgIpc) is 3.03. The molecule has 0 atom stereocenters. The summed E-state index contributed by atoms with van der Waals surface area (Å²) in [6.07, 6.45) is 6.60. The molecule has 3 rings (SSSR count). The molecule has 0 saturated carbocycles. The lowest BCUT2D eigenvalue weighted by Crippen LogP contribution is -2.15. The predicted molar refractivity (Wildman–Crippen MR) is 71.3 cm³/mol. The lowest BCUT2D eigenvalue weighted by Gasteiger charge is -2.04. The van der Waals surface area contributed by atoms with E-state index in [0.29, 0.717) is 11.6 Å². The standard InChI is InChI=1S/C13H10N6O/c20-13(16-11-3-1-2-6-15-11)10-4-5-12(18-17-10)19-8-7-14-9-19/h1-9H,(H,15,16,20). The largest absolute Gasteiger partial charge is 0.305 e. The van der Waals surface area contributed by atoms with Gasteiger partial charge in [-0.25, -0.2) is 9.97 Å². The first-order chi connectivity index (χ1) is 9.83. The maximum atomic E-state index is 11.9. The number of pyridine rings is 1. The maximum absolute atomic E-state index is 11.9. The van der Waals surface area contributed by atoms with Gasteiger partial charge in [0.15, 0.2) is 11.5 Å². The average molecular weight is 266 g/mol. The van der Waals surface area contributed by atoms with E-state index < -0.39 is 0 Å². The molecule has 0 fully saturated rings. The molecule has 0 saturated heterocycles. The van der Waals surface area contributed by atoms with Gasteiger partial charge in [-0.15, -0.1) is 10.2 Å². The monoisotopic (exact) mass is 266 g/mol. The Morgan fingerprint density at radius 3 is 2.70 bits per heavy atom. The zero-order valence-corrected chi connectivity index (χ0v) is 10.3. The molecule has 3 aromatic rings. The topological polar surface area (TPSA) is 85.6 Å². The Kier molecular flexibility index (Phi) is 3.15. The van der Waals surface area contributed by atoms with E-state index in [9.17, 15) is 4.79 Å². The molecule has 0 aliphatic rings. The summed E-state index contributed by atoms with van der Waals surface area (Å²) in [6, 6.07) is 8.56. The number of nitrogens with one attached hydrogen (secondary N) is 1. The van der Waals surface area contributed by atoms with Crippen molar-refractivity contribution in [2.24, 2.45) is 0 Å². The van der Waals surface area contributed by atoms with Crippen LogP contribution in [0.1, 0.15) is 10.5 Å². The van der Waals surface area contributed by atoms with Gasteiger partial charge < -0.3 is 5.32 Å². The third-order valence-electron chi connectivity index (χ3n) is 2.56. The highest BCUT2D eigenvalue weighted by Gasteiger charge is 2.09. The predicted octanol–water partition coefficient (Wildman–Crippen LogP) is 1.31. The summed E-state index contributed by atoms with van der Waals surface area (Å²) in [4.78, 5) is 19.9. The van der Waals surface area contributed by atoms with E-state index in [-0.39, 0.29) is 11.6 Å². The van der Waals surface area contributed by atoms with Crippen molar-refractivity contribution in [3.8, 4) is 5.82 Å². The smallest absolute Gasteiger partial charge is 0.277 e. The fourth-order valence-electron chi connectivity index (χ4n) is 1.60. The molecule has 1 amide bonds. The Morgan fingerprint density at radius 1 is 1.10 bits per heavy atom. The Hall–Kier alpha value is -3.09. The molecule has 0 aliphatic heterocycles. The van der Waals surface area contributed by atoms with Crippen LogP contribution in [-0.4, -0.2) is 30.6 Å². The first-order valence-corrected chi connectivity index (χ1v) is 5.87. The maximum Gasteiger partial charge on any atom is 0.277 e. The summed E-state index contributed by atoms with van der Waals surface area (Å²) in [7, 11) is 0. The van der Waals surface area contributed by atoms with Crippen molar-refractivity contribution in [1.82, 2.24) is 24.7 Å². The van der Waals surface area contributed by atoms with Crippen LogP contribution in [0.2, 0.25) is 0 Å². The van der Waals surface area contributed by atoms with Gasteiger partial charge in [0.05, 0.1) is 0 Å². The van der Waals surface area contributed by atoms with Crippen molar-refractivity contribution in [3.05, 3.63) is 60.9 Å². The van der Waals surface area contributed by atoms with Crippen molar-refractivity contribution >= 4 is 11.7 Å². The second-order valence-electron chi connectivity index (χ2n) is 3.92. The van der Waals surface area contributed by atoms with Crippen LogP contribution in [0.3, 0.4) is 0 Å². The minimum absolute atomic E-state index is 0.222. The Labute approximate surface area is 114 Å². The number of nitrogens with zero attached hydrogens (tertiary/aromatic N) is 5. The van der Waals surface area contributed by atoms with E-state index in [4.69, 9.17) is 0 Å². The number of carbonyl (C=O) groups is 1. The van der Waals surface area contributed by atoms with Crippen molar-refractivity contribution in [3.63, 3.8) is 0 Å². The summed E-state index contributed by atoms with van der Waals surface area (Å²) in [5.41, 5.74) is 0.222. The zero-order chi connectivity index (χ0) is 13.8. The number of anilines is 1. The van der Waals surface area contributed by atoms with Gasteiger partial charge in [-0.3, -0.25) is 9.36 Å². The molecule has 3 aromatic heterocycles. The van der Waals surface area contributed by atoms with Crippen LogP contribution in [0.15, 0.2) is 55.2 Å². The summed E-state index contributed by atoms with van der Waals surface area (Å²) in [6.45, 7) is 0. The van der Waals surface area contributed by atoms with E-state index in [2.05, 4.69) is 25.5 Å². The molecule has 0 unspecified atom stereocenters. The van der Waals surface area contributed by atoms with Crippen LogP contribution >= 0.6 is 0 Å². The molecule has 3 heterocycles. The Balaban J connectivity index is 1.76. The molecule has 0 aromatic carbocycles. The van der Waals surface area contributed by atoms with Crippen LogP contribution in [-0.2, 0) is 0 Å². The fraction of sp³-hybridized carbons (Fsp3) is 0. The molecule has 20 heavy (non-hydrogen) atoms. The highest BCUT2D eigenvalue weighted by Crippen LogP contribution is 2.06. The van der Waals surface area contributed by atoms with E-state index in [1.165, 1.54) is 0 Å². The number of hydrogen-bond acceptors (Lipinski definition) is 5. The number of rotatable bonds is 3. The summed E-state index contributed by atoms with van der Waals surface area (Å²) < 4.78 is 1.70. The first-order valence-electron chi connectivity index (χ1n) is 5.87. The van der Waals surface area contributed by atoms with Crippen LogP contribution in [0, 0.1) is 0 Å².